The number of ether oxygens (including phenoxy) is 1. The molecule has 0 bridgehead atoms. The second-order valence-electron chi connectivity index (χ2n) is 5.53. The number of guanidine groups is 1. The summed E-state index contributed by atoms with van der Waals surface area (Å²) >= 11 is 0. The van der Waals surface area contributed by atoms with Crippen LogP contribution in [0.25, 0.3) is 0 Å². The van der Waals surface area contributed by atoms with E-state index in [9.17, 15) is 9.18 Å². The summed E-state index contributed by atoms with van der Waals surface area (Å²) in [5.74, 6) is 1.13. The monoisotopic (exact) mass is 464 g/mol. The van der Waals surface area contributed by atoms with E-state index < -0.39 is 0 Å². The Morgan fingerprint density at radius 3 is 2.56 bits per heavy atom. The van der Waals surface area contributed by atoms with Gasteiger partial charge in [0.25, 0.3) is 0 Å². The molecule has 1 saturated heterocycles. The fraction of sp³-hybridized carbons (Fsp3) is 0.529. The fourth-order valence-corrected chi connectivity index (χ4v) is 2.53. The van der Waals surface area contributed by atoms with E-state index in [4.69, 9.17) is 4.74 Å². The molecule has 0 spiro atoms. The van der Waals surface area contributed by atoms with Crippen LogP contribution in [0.2, 0.25) is 0 Å². The third kappa shape index (κ3) is 7.05. The second-order valence-corrected chi connectivity index (χ2v) is 5.53. The number of aliphatic imine (C=N–C) groups is 1. The Balaban J connectivity index is 0.00000312. The van der Waals surface area contributed by atoms with Crippen molar-refractivity contribution < 1.29 is 13.9 Å². The summed E-state index contributed by atoms with van der Waals surface area (Å²) in [5, 5.41) is 3.26. The number of hydrogen-bond donors (Lipinski definition) is 1. The zero-order valence-electron chi connectivity index (χ0n) is 14.7. The highest BCUT2D eigenvalue weighted by Crippen LogP contribution is 2.11. The van der Waals surface area contributed by atoms with Gasteiger partial charge < -0.3 is 19.9 Å². The summed E-state index contributed by atoms with van der Waals surface area (Å²) in [6.45, 7) is 8.18. The lowest BCUT2D eigenvalue weighted by atomic mass is 10.3. The summed E-state index contributed by atoms with van der Waals surface area (Å²) in [7, 11) is 0. The molecular formula is C17H26FIN4O2. The van der Waals surface area contributed by atoms with E-state index in [0.717, 1.165) is 25.6 Å². The van der Waals surface area contributed by atoms with E-state index in [2.05, 4.69) is 15.2 Å². The molecule has 0 aromatic heterocycles. The summed E-state index contributed by atoms with van der Waals surface area (Å²) in [4.78, 5) is 19.9. The molecule has 1 amide bonds. The number of amides is 1. The molecule has 1 aliphatic heterocycles. The molecule has 1 heterocycles. The SMILES string of the molecule is CCNC(=NCCOc1cccc(F)c1)N1CCN(C(C)=O)CC1.I. The molecule has 0 unspecified atom stereocenters. The molecule has 6 nitrogen and oxygen atoms in total. The number of hydrogen-bond acceptors (Lipinski definition) is 3. The predicted octanol–water partition coefficient (Wildman–Crippen LogP) is 1.95. The Kier molecular flexibility index (Phi) is 9.54. The number of carbonyl (C=O) groups excluding carboxylic acids is 1. The van der Waals surface area contributed by atoms with Crippen molar-refractivity contribution in [3.63, 3.8) is 0 Å². The summed E-state index contributed by atoms with van der Waals surface area (Å²) in [6.07, 6.45) is 0. The van der Waals surface area contributed by atoms with Crippen LogP contribution in [0, 0.1) is 5.82 Å². The highest BCUT2D eigenvalue weighted by Gasteiger charge is 2.20. The molecule has 2 rings (SSSR count). The number of rotatable bonds is 5. The van der Waals surface area contributed by atoms with Gasteiger partial charge in [0.1, 0.15) is 18.2 Å². The Bertz CT molecular complexity index is 578. The van der Waals surface area contributed by atoms with E-state index in [1.165, 1.54) is 12.1 Å². The van der Waals surface area contributed by atoms with Gasteiger partial charge in [-0.25, -0.2) is 9.38 Å². The number of halogens is 2. The number of nitrogens with zero attached hydrogens (tertiary/aromatic N) is 3. The van der Waals surface area contributed by atoms with Gasteiger partial charge in [-0.15, -0.1) is 24.0 Å². The van der Waals surface area contributed by atoms with Gasteiger partial charge >= 0.3 is 0 Å². The molecule has 25 heavy (non-hydrogen) atoms. The largest absolute Gasteiger partial charge is 0.492 e. The van der Waals surface area contributed by atoms with E-state index >= 15 is 0 Å². The van der Waals surface area contributed by atoms with Gasteiger partial charge in [-0.2, -0.15) is 0 Å². The number of nitrogens with one attached hydrogen (secondary N) is 1. The van der Waals surface area contributed by atoms with Crippen LogP contribution in [-0.4, -0.2) is 67.5 Å². The Labute approximate surface area is 165 Å². The van der Waals surface area contributed by atoms with Gasteiger partial charge in [-0.05, 0) is 19.1 Å². The van der Waals surface area contributed by atoms with Crippen molar-refractivity contribution in [1.82, 2.24) is 15.1 Å². The molecule has 1 aromatic carbocycles. The minimum absolute atomic E-state index is 0. The summed E-state index contributed by atoms with van der Waals surface area (Å²) in [5.41, 5.74) is 0. The zero-order valence-corrected chi connectivity index (χ0v) is 17.0. The van der Waals surface area contributed by atoms with E-state index in [-0.39, 0.29) is 35.7 Å². The average molecular weight is 464 g/mol. The Morgan fingerprint density at radius 1 is 1.28 bits per heavy atom. The van der Waals surface area contributed by atoms with Crippen LogP contribution in [-0.2, 0) is 4.79 Å². The fourth-order valence-electron chi connectivity index (χ4n) is 2.53. The first-order valence-corrected chi connectivity index (χ1v) is 8.27. The molecule has 1 fully saturated rings. The average Bonchev–Trinajstić information content (AvgIpc) is 2.58. The van der Waals surface area contributed by atoms with Crippen molar-refractivity contribution >= 4 is 35.8 Å². The van der Waals surface area contributed by atoms with Crippen LogP contribution >= 0.6 is 24.0 Å². The van der Waals surface area contributed by atoms with Crippen LogP contribution in [0.3, 0.4) is 0 Å². The molecule has 8 heteroatoms. The maximum Gasteiger partial charge on any atom is 0.219 e. The van der Waals surface area contributed by atoms with Crippen LogP contribution in [0.15, 0.2) is 29.3 Å². The van der Waals surface area contributed by atoms with Gasteiger partial charge in [0, 0.05) is 45.7 Å². The lowest BCUT2D eigenvalue weighted by molar-refractivity contribution is -0.130. The minimum Gasteiger partial charge on any atom is -0.492 e. The van der Waals surface area contributed by atoms with Crippen molar-refractivity contribution in [3.8, 4) is 5.75 Å². The van der Waals surface area contributed by atoms with E-state index in [1.807, 2.05) is 11.8 Å². The van der Waals surface area contributed by atoms with Gasteiger partial charge in [0.05, 0.1) is 6.54 Å². The molecule has 0 radical (unpaired) electrons. The van der Waals surface area contributed by atoms with Gasteiger partial charge in [-0.3, -0.25) is 4.79 Å². The van der Waals surface area contributed by atoms with Crippen molar-refractivity contribution in [2.75, 3.05) is 45.9 Å². The van der Waals surface area contributed by atoms with Crippen LogP contribution in [0.1, 0.15) is 13.8 Å². The van der Waals surface area contributed by atoms with Crippen LogP contribution < -0.4 is 10.1 Å². The van der Waals surface area contributed by atoms with E-state index in [0.29, 0.717) is 32.0 Å². The van der Waals surface area contributed by atoms with Crippen LogP contribution in [0.4, 0.5) is 4.39 Å². The van der Waals surface area contributed by atoms with Crippen molar-refractivity contribution in [2.24, 2.45) is 4.99 Å². The van der Waals surface area contributed by atoms with Crippen LogP contribution in [0.5, 0.6) is 5.75 Å². The molecule has 1 aliphatic rings. The molecule has 1 aromatic rings. The van der Waals surface area contributed by atoms with Crippen molar-refractivity contribution in [3.05, 3.63) is 30.1 Å². The van der Waals surface area contributed by atoms with Gasteiger partial charge in [0.15, 0.2) is 5.96 Å². The highest BCUT2D eigenvalue weighted by molar-refractivity contribution is 14.0. The first kappa shape index (κ1) is 21.5. The third-order valence-corrected chi connectivity index (χ3v) is 3.78. The normalized spacial score (nSPS) is 14.8. The first-order chi connectivity index (χ1) is 11.6. The van der Waals surface area contributed by atoms with Crippen molar-refractivity contribution in [1.29, 1.82) is 0 Å². The second kappa shape index (κ2) is 11.1. The topological polar surface area (TPSA) is 57.2 Å². The zero-order chi connectivity index (χ0) is 17.4. The number of carbonyl (C=O) groups is 1. The standard InChI is InChI=1S/C17H25FN4O2.HI/c1-3-19-17(22-10-8-21(9-11-22)14(2)23)20-7-12-24-16-6-4-5-15(18)13-16;/h4-6,13H,3,7-12H2,1-2H3,(H,19,20);1H. The predicted molar refractivity (Wildman–Crippen MR) is 107 cm³/mol. The third-order valence-electron chi connectivity index (χ3n) is 3.78. The number of benzene rings is 1. The smallest absolute Gasteiger partial charge is 0.219 e. The van der Waals surface area contributed by atoms with Crippen molar-refractivity contribution in [2.45, 2.75) is 13.8 Å². The molecule has 0 atom stereocenters. The minimum atomic E-state index is -0.312. The molecule has 0 aliphatic carbocycles. The molecule has 0 saturated carbocycles. The first-order valence-electron chi connectivity index (χ1n) is 8.27. The van der Waals surface area contributed by atoms with E-state index in [1.54, 1.807) is 19.1 Å². The summed E-state index contributed by atoms with van der Waals surface area (Å²) < 4.78 is 18.6. The number of piperazine rings is 1. The molecular weight excluding hydrogens is 438 g/mol. The quantitative estimate of drug-likeness (QED) is 0.314. The highest BCUT2D eigenvalue weighted by atomic mass is 127. The summed E-state index contributed by atoms with van der Waals surface area (Å²) in [6, 6.07) is 6.08. The lowest BCUT2D eigenvalue weighted by Crippen LogP contribution is -2.53. The maximum atomic E-state index is 13.1. The van der Waals surface area contributed by atoms with Gasteiger partial charge in [-0.1, -0.05) is 6.07 Å². The molecule has 1 N–H and O–H groups in total. The maximum absolute atomic E-state index is 13.1. The lowest BCUT2D eigenvalue weighted by Gasteiger charge is -2.36. The Morgan fingerprint density at radius 2 is 1.96 bits per heavy atom. The Hall–Kier alpha value is -1.58. The molecule has 140 valence electrons. The van der Waals surface area contributed by atoms with Gasteiger partial charge in [0.2, 0.25) is 5.91 Å².